The van der Waals surface area contributed by atoms with Crippen LogP contribution in [0, 0.1) is 0 Å². The molecule has 1 aromatic carbocycles. The number of hydrogen-bond acceptors (Lipinski definition) is 6. The van der Waals surface area contributed by atoms with Crippen molar-refractivity contribution in [2.75, 3.05) is 5.75 Å². The van der Waals surface area contributed by atoms with Gasteiger partial charge >= 0.3 is 5.97 Å². The van der Waals surface area contributed by atoms with Crippen molar-refractivity contribution in [2.24, 2.45) is 7.05 Å². The minimum Gasteiger partial charge on any atom is -0.486 e. The maximum Gasteiger partial charge on any atom is 0.316 e. The van der Waals surface area contributed by atoms with Crippen LogP contribution in [0.1, 0.15) is 19.7 Å². The molecule has 124 valence electrons. The maximum absolute atomic E-state index is 11.5. The summed E-state index contributed by atoms with van der Waals surface area (Å²) in [6.07, 6.45) is -0.120. The maximum atomic E-state index is 11.5. The lowest BCUT2D eigenvalue weighted by Crippen LogP contribution is -2.13. The highest BCUT2D eigenvalue weighted by Gasteiger charge is 2.13. The molecule has 0 aliphatic carbocycles. The first-order chi connectivity index (χ1) is 11.0. The Balaban J connectivity index is 1.88. The number of aromatic nitrogens is 3. The number of halogens is 1. The Morgan fingerprint density at radius 2 is 2.00 bits per heavy atom. The summed E-state index contributed by atoms with van der Waals surface area (Å²) in [7, 11) is 1.83. The highest BCUT2D eigenvalue weighted by Crippen LogP contribution is 2.19. The van der Waals surface area contributed by atoms with Crippen molar-refractivity contribution >= 4 is 29.3 Å². The van der Waals surface area contributed by atoms with Gasteiger partial charge in [0.1, 0.15) is 12.4 Å². The van der Waals surface area contributed by atoms with Crippen LogP contribution < -0.4 is 4.74 Å². The predicted molar refractivity (Wildman–Crippen MR) is 88.7 cm³/mol. The van der Waals surface area contributed by atoms with Gasteiger partial charge in [-0.05, 0) is 38.1 Å². The van der Waals surface area contributed by atoms with Gasteiger partial charge in [-0.1, -0.05) is 23.4 Å². The normalized spacial score (nSPS) is 10.8. The Morgan fingerprint density at radius 1 is 1.30 bits per heavy atom. The van der Waals surface area contributed by atoms with E-state index in [0.29, 0.717) is 21.8 Å². The van der Waals surface area contributed by atoms with Crippen LogP contribution in [-0.4, -0.2) is 32.6 Å². The molecular formula is C15H18ClN3O3S. The largest absolute Gasteiger partial charge is 0.486 e. The van der Waals surface area contributed by atoms with Crippen molar-refractivity contribution in [3.63, 3.8) is 0 Å². The molecular weight excluding hydrogens is 338 g/mol. The molecule has 23 heavy (non-hydrogen) atoms. The summed E-state index contributed by atoms with van der Waals surface area (Å²) in [4.78, 5) is 11.5. The lowest BCUT2D eigenvalue weighted by Gasteiger charge is -2.08. The first kappa shape index (κ1) is 17.6. The summed E-state index contributed by atoms with van der Waals surface area (Å²) in [6, 6.07) is 7.09. The van der Waals surface area contributed by atoms with E-state index in [1.165, 1.54) is 11.8 Å². The fraction of sp³-hybridized carbons (Fsp3) is 0.400. The molecule has 0 aliphatic rings. The lowest BCUT2D eigenvalue weighted by atomic mass is 10.3. The van der Waals surface area contributed by atoms with E-state index in [4.69, 9.17) is 21.1 Å². The topological polar surface area (TPSA) is 66.2 Å². The van der Waals surface area contributed by atoms with Gasteiger partial charge in [-0.2, -0.15) is 0 Å². The molecule has 1 aromatic heterocycles. The van der Waals surface area contributed by atoms with Gasteiger partial charge in [0.2, 0.25) is 0 Å². The van der Waals surface area contributed by atoms with Crippen LogP contribution in [0.15, 0.2) is 29.4 Å². The molecule has 0 amide bonds. The SMILES string of the molecule is CC(C)OC(=O)CSc1nnc(COc2ccc(Cl)cc2)n1C. The second-order valence-corrected chi connectivity index (χ2v) is 6.41. The van der Waals surface area contributed by atoms with Gasteiger partial charge in [0.15, 0.2) is 11.0 Å². The van der Waals surface area contributed by atoms with Crippen molar-refractivity contribution in [1.82, 2.24) is 14.8 Å². The van der Waals surface area contributed by atoms with Crippen LogP contribution in [0.4, 0.5) is 0 Å². The Bertz CT molecular complexity index is 658. The summed E-state index contributed by atoms with van der Waals surface area (Å²) < 4.78 is 12.5. The highest BCUT2D eigenvalue weighted by atomic mass is 35.5. The molecule has 2 aromatic rings. The highest BCUT2D eigenvalue weighted by molar-refractivity contribution is 7.99. The fourth-order valence-electron chi connectivity index (χ4n) is 1.70. The van der Waals surface area contributed by atoms with Gasteiger partial charge in [-0.15, -0.1) is 10.2 Å². The Kier molecular flexibility index (Phi) is 6.29. The average Bonchev–Trinajstić information content (AvgIpc) is 2.84. The molecule has 1 heterocycles. The Hall–Kier alpha value is -1.73. The van der Waals surface area contributed by atoms with E-state index in [9.17, 15) is 4.79 Å². The van der Waals surface area contributed by atoms with Crippen LogP contribution in [0.25, 0.3) is 0 Å². The van der Waals surface area contributed by atoms with Crippen LogP contribution in [0.3, 0.4) is 0 Å². The molecule has 0 unspecified atom stereocenters. The van der Waals surface area contributed by atoms with E-state index in [2.05, 4.69) is 10.2 Å². The zero-order valence-corrected chi connectivity index (χ0v) is 14.7. The molecule has 0 saturated carbocycles. The van der Waals surface area contributed by atoms with Crippen molar-refractivity contribution in [3.05, 3.63) is 35.1 Å². The third-order valence-corrected chi connectivity index (χ3v) is 4.04. The first-order valence-corrected chi connectivity index (χ1v) is 8.41. The lowest BCUT2D eigenvalue weighted by molar-refractivity contribution is -0.144. The summed E-state index contributed by atoms with van der Waals surface area (Å²) in [5.41, 5.74) is 0. The molecule has 0 fully saturated rings. The molecule has 0 N–H and O–H groups in total. The van der Waals surface area contributed by atoms with E-state index < -0.39 is 0 Å². The van der Waals surface area contributed by atoms with Gasteiger partial charge < -0.3 is 14.0 Å². The first-order valence-electron chi connectivity index (χ1n) is 7.04. The minimum absolute atomic E-state index is 0.120. The number of carbonyl (C=O) groups is 1. The van der Waals surface area contributed by atoms with Crippen LogP contribution in [-0.2, 0) is 23.2 Å². The second kappa shape index (κ2) is 8.21. The van der Waals surface area contributed by atoms with Crippen molar-refractivity contribution in [3.8, 4) is 5.75 Å². The minimum atomic E-state index is -0.271. The van der Waals surface area contributed by atoms with E-state index in [0.717, 1.165) is 0 Å². The number of carbonyl (C=O) groups excluding carboxylic acids is 1. The molecule has 0 radical (unpaired) electrons. The molecule has 0 saturated heterocycles. The molecule has 0 bridgehead atoms. The monoisotopic (exact) mass is 355 g/mol. The molecule has 0 spiro atoms. The Labute approximate surface area is 144 Å². The average molecular weight is 356 g/mol. The third-order valence-electron chi connectivity index (χ3n) is 2.79. The fourth-order valence-corrected chi connectivity index (χ4v) is 2.53. The number of rotatable bonds is 7. The predicted octanol–water partition coefficient (Wildman–Crippen LogP) is 3.09. The van der Waals surface area contributed by atoms with Crippen LogP contribution >= 0.6 is 23.4 Å². The number of ether oxygens (including phenoxy) is 2. The molecule has 0 aliphatic heterocycles. The van der Waals surface area contributed by atoms with Gasteiger partial charge in [0, 0.05) is 12.1 Å². The van der Waals surface area contributed by atoms with Gasteiger partial charge in [0.25, 0.3) is 0 Å². The third kappa shape index (κ3) is 5.44. The number of nitrogens with zero attached hydrogens (tertiary/aromatic N) is 3. The van der Waals surface area contributed by atoms with Crippen molar-refractivity contribution < 1.29 is 14.3 Å². The molecule has 6 nitrogen and oxygen atoms in total. The number of esters is 1. The summed E-state index contributed by atoms with van der Waals surface area (Å²) >= 11 is 7.11. The van der Waals surface area contributed by atoms with Crippen molar-refractivity contribution in [1.29, 1.82) is 0 Å². The Morgan fingerprint density at radius 3 is 2.65 bits per heavy atom. The number of benzene rings is 1. The molecule has 0 atom stereocenters. The van der Waals surface area contributed by atoms with Gasteiger partial charge in [-0.3, -0.25) is 4.79 Å². The summed E-state index contributed by atoms with van der Waals surface area (Å²) in [6.45, 7) is 3.91. The van der Waals surface area contributed by atoms with E-state index in [1.54, 1.807) is 28.8 Å². The van der Waals surface area contributed by atoms with Crippen LogP contribution in [0.2, 0.25) is 5.02 Å². The van der Waals surface area contributed by atoms with Gasteiger partial charge in [-0.25, -0.2) is 0 Å². The standard InChI is InChI=1S/C15H18ClN3O3S/c1-10(2)22-14(20)9-23-15-18-17-13(19(15)3)8-21-12-6-4-11(16)5-7-12/h4-7,10H,8-9H2,1-3H3. The smallest absolute Gasteiger partial charge is 0.316 e. The van der Waals surface area contributed by atoms with Crippen molar-refractivity contribution in [2.45, 2.75) is 31.7 Å². The van der Waals surface area contributed by atoms with E-state index in [1.807, 2.05) is 20.9 Å². The second-order valence-electron chi connectivity index (χ2n) is 5.03. The zero-order valence-electron chi connectivity index (χ0n) is 13.2. The molecule has 8 heteroatoms. The zero-order chi connectivity index (χ0) is 16.8. The number of thioether (sulfide) groups is 1. The van der Waals surface area contributed by atoms with Crippen LogP contribution in [0.5, 0.6) is 5.75 Å². The van der Waals surface area contributed by atoms with E-state index in [-0.39, 0.29) is 24.4 Å². The van der Waals surface area contributed by atoms with E-state index >= 15 is 0 Å². The molecule has 2 rings (SSSR count). The van der Waals surface area contributed by atoms with Gasteiger partial charge in [0.05, 0.1) is 11.9 Å². The quantitative estimate of drug-likeness (QED) is 0.561. The summed E-state index contributed by atoms with van der Waals surface area (Å²) in [5.74, 6) is 1.29. The number of hydrogen-bond donors (Lipinski definition) is 0. The summed E-state index contributed by atoms with van der Waals surface area (Å²) in [5, 5.41) is 9.43.